The summed E-state index contributed by atoms with van der Waals surface area (Å²) in [6.07, 6.45) is 5.50. The quantitative estimate of drug-likeness (QED) is 0.749. The summed E-state index contributed by atoms with van der Waals surface area (Å²) in [5.74, 6) is -0.175. The molecule has 0 aliphatic heterocycles. The van der Waals surface area contributed by atoms with Crippen LogP contribution in [0, 0.1) is 0 Å². The molecule has 0 aromatic heterocycles. The van der Waals surface area contributed by atoms with Gasteiger partial charge in [-0.3, -0.25) is 9.69 Å². The van der Waals surface area contributed by atoms with Crippen LogP contribution in [0.4, 0.5) is 0 Å². The Bertz CT molecular complexity index is 314. The van der Waals surface area contributed by atoms with Crippen molar-refractivity contribution in [3.8, 4) is 0 Å². The van der Waals surface area contributed by atoms with Gasteiger partial charge in [0.1, 0.15) is 0 Å². The zero-order chi connectivity index (χ0) is 13.3. The number of hydrogen-bond acceptors (Lipinski definition) is 3. The Balaban J connectivity index is 2.05. The van der Waals surface area contributed by atoms with Crippen molar-refractivity contribution in [2.24, 2.45) is 5.73 Å². The van der Waals surface area contributed by atoms with Gasteiger partial charge in [0, 0.05) is 18.1 Å². The molecule has 2 aliphatic carbocycles. The Hall–Kier alpha value is -0.610. The van der Waals surface area contributed by atoms with Gasteiger partial charge in [-0.2, -0.15) is 0 Å². The maximum Gasteiger partial charge on any atom is 0.237 e. The second-order valence-corrected chi connectivity index (χ2v) is 6.20. The average Bonchev–Trinajstić information content (AvgIpc) is 3.01. The standard InChI is InChI=1S/C14H27N3O/c1-4-17(11-5-6-11)12-7-8-14(9-12,13(15)18)16-10(2)3/h10-12,16H,4-9H2,1-3H3,(H2,15,18). The topological polar surface area (TPSA) is 58.4 Å². The van der Waals surface area contributed by atoms with Crippen LogP contribution in [0.3, 0.4) is 0 Å². The van der Waals surface area contributed by atoms with Gasteiger partial charge in [0.05, 0.1) is 5.54 Å². The average molecular weight is 253 g/mol. The molecule has 2 aliphatic rings. The molecule has 2 rings (SSSR count). The van der Waals surface area contributed by atoms with Crippen molar-refractivity contribution in [1.29, 1.82) is 0 Å². The van der Waals surface area contributed by atoms with Gasteiger partial charge in [-0.15, -0.1) is 0 Å². The molecule has 0 bridgehead atoms. The first kappa shape index (κ1) is 13.8. The SMILES string of the molecule is CCN(C1CC1)C1CCC(NC(C)C)(C(N)=O)C1. The van der Waals surface area contributed by atoms with Gasteiger partial charge in [-0.1, -0.05) is 6.92 Å². The number of carbonyl (C=O) groups is 1. The van der Waals surface area contributed by atoms with E-state index < -0.39 is 5.54 Å². The van der Waals surface area contributed by atoms with E-state index in [0.717, 1.165) is 31.8 Å². The lowest BCUT2D eigenvalue weighted by Gasteiger charge is -2.32. The van der Waals surface area contributed by atoms with E-state index in [-0.39, 0.29) is 5.91 Å². The van der Waals surface area contributed by atoms with E-state index in [9.17, 15) is 4.79 Å². The smallest absolute Gasteiger partial charge is 0.237 e. The minimum atomic E-state index is -0.471. The zero-order valence-corrected chi connectivity index (χ0v) is 11.9. The summed E-state index contributed by atoms with van der Waals surface area (Å²) in [5.41, 5.74) is 5.19. The van der Waals surface area contributed by atoms with E-state index in [1.54, 1.807) is 0 Å². The summed E-state index contributed by atoms with van der Waals surface area (Å²) in [6, 6.07) is 1.59. The van der Waals surface area contributed by atoms with Crippen LogP contribution in [0.15, 0.2) is 0 Å². The molecule has 4 heteroatoms. The largest absolute Gasteiger partial charge is 0.368 e. The number of amides is 1. The highest BCUT2D eigenvalue weighted by Gasteiger charge is 2.47. The van der Waals surface area contributed by atoms with Crippen molar-refractivity contribution >= 4 is 5.91 Å². The molecule has 0 radical (unpaired) electrons. The molecule has 104 valence electrons. The van der Waals surface area contributed by atoms with Gasteiger partial charge in [0.15, 0.2) is 0 Å². The number of rotatable bonds is 6. The summed E-state index contributed by atoms with van der Waals surface area (Å²) in [5, 5.41) is 3.42. The first-order chi connectivity index (χ1) is 8.48. The third-order valence-electron chi connectivity index (χ3n) is 4.38. The maximum absolute atomic E-state index is 11.8. The minimum absolute atomic E-state index is 0.175. The Labute approximate surface area is 110 Å². The normalized spacial score (nSPS) is 32.4. The summed E-state index contributed by atoms with van der Waals surface area (Å²) in [6.45, 7) is 7.47. The van der Waals surface area contributed by atoms with Crippen molar-refractivity contribution < 1.29 is 4.79 Å². The highest BCUT2D eigenvalue weighted by molar-refractivity contribution is 5.85. The van der Waals surface area contributed by atoms with Gasteiger partial charge in [-0.25, -0.2) is 0 Å². The monoisotopic (exact) mass is 253 g/mol. The molecule has 2 unspecified atom stereocenters. The molecular formula is C14H27N3O. The van der Waals surface area contributed by atoms with Gasteiger partial charge in [0.25, 0.3) is 0 Å². The van der Waals surface area contributed by atoms with E-state index in [1.807, 2.05) is 0 Å². The van der Waals surface area contributed by atoms with Gasteiger partial charge >= 0.3 is 0 Å². The lowest BCUT2D eigenvalue weighted by Crippen LogP contribution is -2.56. The highest BCUT2D eigenvalue weighted by Crippen LogP contribution is 2.38. The number of carbonyl (C=O) groups excluding carboxylic acids is 1. The fourth-order valence-corrected chi connectivity index (χ4v) is 3.50. The summed E-state index contributed by atoms with van der Waals surface area (Å²) >= 11 is 0. The number of nitrogens with two attached hydrogens (primary N) is 1. The fourth-order valence-electron chi connectivity index (χ4n) is 3.50. The first-order valence-electron chi connectivity index (χ1n) is 7.32. The van der Waals surface area contributed by atoms with Crippen LogP contribution in [-0.4, -0.2) is 41.0 Å². The summed E-state index contributed by atoms with van der Waals surface area (Å²) in [7, 11) is 0. The van der Waals surface area contributed by atoms with Crippen LogP contribution in [0.1, 0.15) is 52.9 Å². The number of nitrogens with zero attached hydrogens (tertiary/aromatic N) is 1. The van der Waals surface area contributed by atoms with Crippen molar-refractivity contribution in [3.63, 3.8) is 0 Å². The van der Waals surface area contributed by atoms with Crippen LogP contribution in [-0.2, 0) is 4.79 Å². The van der Waals surface area contributed by atoms with Crippen LogP contribution >= 0.6 is 0 Å². The van der Waals surface area contributed by atoms with E-state index >= 15 is 0 Å². The Morgan fingerprint density at radius 3 is 2.50 bits per heavy atom. The Kier molecular flexibility index (Phi) is 3.97. The Morgan fingerprint density at radius 1 is 1.39 bits per heavy atom. The highest BCUT2D eigenvalue weighted by atomic mass is 16.1. The van der Waals surface area contributed by atoms with Gasteiger partial charge in [-0.05, 0) is 52.5 Å². The van der Waals surface area contributed by atoms with Crippen molar-refractivity contribution in [3.05, 3.63) is 0 Å². The molecule has 2 atom stereocenters. The number of hydrogen-bond donors (Lipinski definition) is 2. The second kappa shape index (κ2) is 5.17. The van der Waals surface area contributed by atoms with Crippen molar-refractivity contribution in [2.45, 2.75) is 76.5 Å². The molecule has 2 saturated carbocycles. The Morgan fingerprint density at radius 2 is 2.06 bits per heavy atom. The van der Waals surface area contributed by atoms with Gasteiger partial charge in [0.2, 0.25) is 5.91 Å². The van der Waals surface area contributed by atoms with Gasteiger partial charge < -0.3 is 11.1 Å². The van der Waals surface area contributed by atoms with E-state index in [2.05, 4.69) is 31.0 Å². The van der Waals surface area contributed by atoms with E-state index in [4.69, 9.17) is 5.73 Å². The molecule has 0 heterocycles. The second-order valence-electron chi connectivity index (χ2n) is 6.20. The minimum Gasteiger partial charge on any atom is -0.368 e. The molecule has 4 nitrogen and oxygen atoms in total. The molecule has 0 spiro atoms. The van der Waals surface area contributed by atoms with Crippen molar-refractivity contribution in [1.82, 2.24) is 10.2 Å². The predicted molar refractivity (Wildman–Crippen MR) is 73.2 cm³/mol. The summed E-state index contributed by atoms with van der Waals surface area (Å²) in [4.78, 5) is 14.4. The maximum atomic E-state index is 11.8. The lowest BCUT2D eigenvalue weighted by molar-refractivity contribution is -0.124. The molecule has 2 fully saturated rings. The van der Waals surface area contributed by atoms with Crippen LogP contribution < -0.4 is 11.1 Å². The third kappa shape index (κ3) is 2.69. The molecule has 0 saturated heterocycles. The van der Waals surface area contributed by atoms with Crippen LogP contribution in [0.5, 0.6) is 0 Å². The molecular weight excluding hydrogens is 226 g/mol. The lowest BCUT2D eigenvalue weighted by atomic mass is 9.95. The summed E-state index contributed by atoms with van der Waals surface area (Å²) < 4.78 is 0. The molecule has 3 N–H and O–H groups in total. The predicted octanol–water partition coefficient (Wildman–Crippen LogP) is 1.25. The first-order valence-corrected chi connectivity index (χ1v) is 7.32. The molecule has 1 amide bonds. The van der Waals surface area contributed by atoms with Crippen molar-refractivity contribution in [2.75, 3.05) is 6.54 Å². The molecule has 0 aromatic carbocycles. The van der Waals surface area contributed by atoms with E-state index in [0.29, 0.717) is 12.1 Å². The van der Waals surface area contributed by atoms with Crippen LogP contribution in [0.2, 0.25) is 0 Å². The number of nitrogens with one attached hydrogen (secondary N) is 1. The van der Waals surface area contributed by atoms with E-state index in [1.165, 1.54) is 12.8 Å². The molecule has 0 aromatic rings. The number of primary amides is 1. The molecule has 18 heavy (non-hydrogen) atoms. The zero-order valence-electron chi connectivity index (χ0n) is 11.9. The third-order valence-corrected chi connectivity index (χ3v) is 4.38. The van der Waals surface area contributed by atoms with Crippen LogP contribution in [0.25, 0.3) is 0 Å². The fraction of sp³-hybridized carbons (Fsp3) is 0.929.